The van der Waals surface area contributed by atoms with Crippen LogP contribution in [0.1, 0.15) is 23.2 Å². The minimum atomic E-state index is 0.0210. The molecule has 126 valence electrons. The van der Waals surface area contributed by atoms with Gasteiger partial charge in [-0.1, -0.05) is 11.6 Å². The van der Waals surface area contributed by atoms with Crippen LogP contribution < -0.4 is 4.90 Å². The number of aromatic nitrogens is 3. The maximum atomic E-state index is 12.5. The second kappa shape index (κ2) is 7.44. The first kappa shape index (κ1) is 17.1. The molecule has 0 unspecified atom stereocenters. The molecule has 6 nitrogen and oxygen atoms in total. The summed E-state index contributed by atoms with van der Waals surface area (Å²) in [7, 11) is 1.98. The standard InChI is InChI=1S/C16H17BrClN5O/c1-22(16-20-9-13(18)10-21-16)14-2-4-23(5-3-14)15(24)11-6-12(17)8-19-7-11/h6-10,14H,2-5H2,1H3. The molecular weight excluding hydrogens is 394 g/mol. The molecule has 0 radical (unpaired) electrons. The van der Waals surface area contributed by atoms with Gasteiger partial charge in [-0.2, -0.15) is 0 Å². The minimum Gasteiger partial charge on any atom is -0.341 e. The molecule has 1 fully saturated rings. The molecule has 1 aliphatic rings. The van der Waals surface area contributed by atoms with Crippen molar-refractivity contribution in [3.05, 3.63) is 45.9 Å². The lowest BCUT2D eigenvalue weighted by atomic mass is 10.0. The molecule has 24 heavy (non-hydrogen) atoms. The van der Waals surface area contributed by atoms with Crippen LogP contribution in [0.2, 0.25) is 5.02 Å². The Morgan fingerprint density at radius 3 is 2.54 bits per heavy atom. The summed E-state index contributed by atoms with van der Waals surface area (Å²) in [6.07, 6.45) is 8.21. The van der Waals surface area contributed by atoms with Crippen LogP contribution in [0.15, 0.2) is 35.3 Å². The smallest absolute Gasteiger partial charge is 0.255 e. The summed E-state index contributed by atoms with van der Waals surface area (Å²) in [5.74, 6) is 0.674. The van der Waals surface area contributed by atoms with Gasteiger partial charge in [0.1, 0.15) is 0 Å². The van der Waals surface area contributed by atoms with E-state index in [0.29, 0.717) is 35.7 Å². The van der Waals surface area contributed by atoms with E-state index < -0.39 is 0 Å². The summed E-state index contributed by atoms with van der Waals surface area (Å²) in [5.41, 5.74) is 0.609. The molecule has 3 heterocycles. The zero-order chi connectivity index (χ0) is 17.1. The van der Waals surface area contributed by atoms with E-state index in [1.165, 1.54) is 0 Å². The number of rotatable bonds is 3. The average Bonchev–Trinajstić information content (AvgIpc) is 2.61. The first-order valence-electron chi connectivity index (χ1n) is 7.65. The predicted octanol–water partition coefficient (Wildman–Crippen LogP) is 3.03. The van der Waals surface area contributed by atoms with Crippen LogP contribution in [-0.4, -0.2) is 51.9 Å². The SMILES string of the molecule is CN(c1ncc(Cl)cn1)C1CCN(C(=O)c2cncc(Br)c2)CC1. The molecule has 0 N–H and O–H groups in total. The van der Waals surface area contributed by atoms with Crippen molar-refractivity contribution in [2.45, 2.75) is 18.9 Å². The molecule has 0 aromatic carbocycles. The molecule has 0 aliphatic carbocycles. The third-order valence-electron chi connectivity index (χ3n) is 4.17. The van der Waals surface area contributed by atoms with E-state index in [1.807, 2.05) is 11.9 Å². The molecule has 0 spiro atoms. The van der Waals surface area contributed by atoms with Gasteiger partial charge in [0.2, 0.25) is 5.95 Å². The van der Waals surface area contributed by atoms with Gasteiger partial charge in [0.05, 0.1) is 23.0 Å². The van der Waals surface area contributed by atoms with Crippen LogP contribution in [0.3, 0.4) is 0 Å². The van der Waals surface area contributed by atoms with Gasteiger partial charge >= 0.3 is 0 Å². The van der Waals surface area contributed by atoms with Crippen LogP contribution in [0.5, 0.6) is 0 Å². The fourth-order valence-electron chi connectivity index (χ4n) is 2.82. The third kappa shape index (κ3) is 3.84. The molecule has 0 saturated carbocycles. The van der Waals surface area contributed by atoms with E-state index >= 15 is 0 Å². The Labute approximate surface area is 154 Å². The summed E-state index contributed by atoms with van der Waals surface area (Å²) >= 11 is 9.18. The second-order valence-corrected chi connectivity index (χ2v) is 7.08. The molecule has 2 aromatic rings. The van der Waals surface area contributed by atoms with Gasteiger partial charge < -0.3 is 9.80 Å². The van der Waals surface area contributed by atoms with E-state index in [4.69, 9.17) is 11.6 Å². The zero-order valence-corrected chi connectivity index (χ0v) is 15.5. The van der Waals surface area contributed by atoms with E-state index in [1.54, 1.807) is 30.9 Å². The molecular formula is C16H17BrClN5O. The number of piperidine rings is 1. The highest BCUT2D eigenvalue weighted by molar-refractivity contribution is 9.10. The maximum Gasteiger partial charge on any atom is 0.255 e. The molecule has 0 bridgehead atoms. The van der Waals surface area contributed by atoms with Crippen molar-refractivity contribution >= 4 is 39.4 Å². The van der Waals surface area contributed by atoms with Gasteiger partial charge in [-0.15, -0.1) is 0 Å². The molecule has 0 atom stereocenters. The van der Waals surface area contributed by atoms with Crippen molar-refractivity contribution < 1.29 is 4.79 Å². The Balaban J connectivity index is 1.61. The van der Waals surface area contributed by atoms with Gasteiger partial charge in [-0.05, 0) is 34.8 Å². The van der Waals surface area contributed by atoms with E-state index in [-0.39, 0.29) is 5.91 Å². The summed E-state index contributed by atoms with van der Waals surface area (Å²) in [4.78, 5) is 29.0. The fraction of sp³-hybridized carbons (Fsp3) is 0.375. The number of halogens is 2. The summed E-state index contributed by atoms with van der Waals surface area (Å²) in [5, 5.41) is 0.523. The number of hydrogen-bond acceptors (Lipinski definition) is 5. The van der Waals surface area contributed by atoms with E-state index in [2.05, 4.69) is 35.8 Å². The Morgan fingerprint density at radius 2 is 1.92 bits per heavy atom. The highest BCUT2D eigenvalue weighted by Gasteiger charge is 2.27. The normalized spacial score (nSPS) is 15.4. The number of amides is 1. The van der Waals surface area contributed by atoms with Crippen LogP contribution in [-0.2, 0) is 0 Å². The topological polar surface area (TPSA) is 62.2 Å². The number of carbonyl (C=O) groups excluding carboxylic acids is 1. The van der Waals surface area contributed by atoms with Crippen LogP contribution >= 0.6 is 27.5 Å². The first-order chi connectivity index (χ1) is 11.5. The number of carbonyl (C=O) groups is 1. The predicted molar refractivity (Wildman–Crippen MR) is 96.3 cm³/mol. The lowest BCUT2D eigenvalue weighted by Gasteiger charge is -2.36. The van der Waals surface area contributed by atoms with Crippen molar-refractivity contribution in [2.75, 3.05) is 25.0 Å². The van der Waals surface area contributed by atoms with Gasteiger partial charge in [0.15, 0.2) is 0 Å². The van der Waals surface area contributed by atoms with Crippen molar-refractivity contribution in [2.24, 2.45) is 0 Å². The molecule has 1 amide bonds. The molecule has 1 saturated heterocycles. The Morgan fingerprint density at radius 1 is 1.25 bits per heavy atom. The molecule has 3 rings (SSSR count). The lowest BCUT2D eigenvalue weighted by molar-refractivity contribution is 0.0712. The Bertz CT molecular complexity index is 719. The number of likely N-dealkylation sites (tertiary alicyclic amines) is 1. The van der Waals surface area contributed by atoms with Crippen molar-refractivity contribution in [3.63, 3.8) is 0 Å². The number of hydrogen-bond donors (Lipinski definition) is 0. The van der Waals surface area contributed by atoms with Gasteiger partial charge in [-0.3, -0.25) is 9.78 Å². The first-order valence-corrected chi connectivity index (χ1v) is 8.82. The lowest BCUT2D eigenvalue weighted by Crippen LogP contribution is -2.46. The quantitative estimate of drug-likeness (QED) is 0.778. The molecule has 1 aliphatic heterocycles. The van der Waals surface area contributed by atoms with E-state index in [0.717, 1.165) is 17.3 Å². The van der Waals surface area contributed by atoms with Gasteiger partial charge in [0, 0.05) is 43.0 Å². The van der Waals surface area contributed by atoms with Crippen molar-refractivity contribution in [3.8, 4) is 0 Å². The largest absolute Gasteiger partial charge is 0.341 e. The summed E-state index contributed by atoms with van der Waals surface area (Å²) in [6, 6.07) is 2.10. The van der Waals surface area contributed by atoms with Crippen molar-refractivity contribution in [1.29, 1.82) is 0 Å². The number of pyridine rings is 1. The van der Waals surface area contributed by atoms with Crippen LogP contribution in [0.4, 0.5) is 5.95 Å². The molecule has 2 aromatic heterocycles. The Kier molecular flexibility index (Phi) is 5.30. The van der Waals surface area contributed by atoms with E-state index in [9.17, 15) is 4.79 Å². The Hall–Kier alpha value is -1.73. The number of nitrogens with zero attached hydrogens (tertiary/aromatic N) is 5. The van der Waals surface area contributed by atoms with Crippen LogP contribution in [0, 0.1) is 0 Å². The zero-order valence-electron chi connectivity index (χ0n) is 13.2. The van der Waals surface area contributed by atoms with Crippen molar-refractivity contribution in [1.82, 2.24) is 19.9 Å². The third-order valence-corrected chi connectivity index (χ3v) is 4.80. The number of anilines is 1. The van der Waals surface area contributed by atoms with Crippen LogP contribution in [0.25, 0.3) is 0 Å². The fourth-order valence-corrected chi connectivity index (χ4v) is 3.28. The highest BCUT2D eigenvalue weighted by atomic mass is 79.9. The maximum absolute atomic E-state index is 12.5. The van der Waals surface area contributed by atoms with Gasteiger partial charge in [0.25, 0.3) is 5.91 Å². The minimum absolute atomic E-state index is 0.0210. The van der Waals surface area contributed by atoms with Gasteiger partial charge in [-0.25, -0.2) is 9.97 Å². The summed E-state index contributed by atoms with van der Waals surface area (Å²) in [6.45, 7) is 1.40. The molecule has 8 heteroatoms. The monoisotopic (exact) mass is 409 g/mol. The second-order valence-electron chi connectivity index (χ2n) is 5.73. The highest BCUT2D eigenvalue weighted by Crippen LogP contribution is 2.21. The average molecular weight is 411 g/mol. The summed E-state index contributed by atoms with van der Waals surface area (Å²) < 4.78 is 0.808.